The molecule has 1 atom stereocenters. The van der Waals surface area contributed by atoms with Crippen LogP contribution < -0.4 is 5.32 Å². The fourth-order valence-electron chi connectivity index (χ4n) is 3.36. The number of aromatic nitrogens is 2. The first-order valence-corrected chi connectivity index (χ1v) is 9.67. The fourth-order valence-corrected chi connectivity index (χ4v) is 3.36. The third-order valence-corrected chi connectivity index (χ3v) is 4.84. The maximum absolute atomic E-state index is 11.9. The van der Waals surface area contributed by atoms with E-state index in [0.29, 0.717) is 23.3 Å². The molecule has 0 saturated heterocycles. The Morgan fingerprint density at radius 2 is 1.80 bits per heavy atom. The van der Waals surface area contributed by atoms with Crippen molar-refractivity contribution in [3.8, 4) is 5.75 Å². The van der Waals surface area contributed by atoms with Crippen LogP contribution in [-0.4, -0.2) is 27.7 Å². The lowest BCUT2D eigenvalue weighted by Gasteiger charge is -2.22. The number of benzene rings is 2. The van der Waals surface area contributed by atoms with E-state index in [2.05, 4.69) is 15.3 Å². The average molecular weight is 399 g/mol. The molecule has 2 N–H and O–H groups in total. The van der Waals surface area contributed by atoms with Gasteiger partial charge < -0.3 is 15.2 Å². The number of hydrogen-bond acceptors (Lipinski definition) is 6. The summed E-state index contributed by atoms with van der Waals surface area (Å²) >= 11 is 0. The number of carbonyl (C=O) groups excluding carboxylic acids is 1. The van der Waals surface area contributed by atoms with Gasteiger partial charge in [0.05, 0.1) is 18.2 Å². The highest BCUT2D eigenvalue weighted by Gasteiger charge is 2.20. The molecule has 0 aliphatic rings. The molecule has 0 unspecified atom stereocenters. The van der Waals surface area contributed by atoms with Crippen molar-refractivity contribution in [1.29, 1.82) is 0 Å². The highest BCUT2D eigenvalue weighted by Crippen LogP contribution is 2.36. The van der Waals surface area contributed by atoms with Crippen molar-refractivity contribution in [2.45, 2.75) is 13.0 Å². The van der Waals surface area contributed by atoms with E-state index in [1.165, 1.54) is 0 Å². The van der Waals surface area contributed by atoms with E-state index in [9.17, 15) is 9.90 Å². The standard InChI is InChI=1S/C24H21N3O3/c1-2-30-24(29)18-5-8-19(9-6-18)27-21(17-11-14-25-15-12-17)20-10-7-16-4-3-13-26-22(16)23(20)28/h3-15,21,27-28H,2H2,1H3/t21-/m0/s1. The van der Waals surface area contributed by atoms with Crippen LogP contribution in [0, 0.1) is 0 Å². The van der Waals surface area contributed by atoms with Gasteiger partial charge in [0.2, 0.25) is 0 Å². The van der Waals surface area contributed by atoms with Crippen molar-refractivity contribution >= 4 is 22.6 Å². The molecule has 6 heteroatoms. The maximum Gasteiger partial charge on any atom is 0.338 e. The van der Waals surface area contributed by atoms with Gasteiger partial charge in [0.1, 0.15) is 11.3 Å². The van der Waals surface area contributed by atoms with Gasteiger partial charge in [-0.1, -0.05) is 18.2 Å². The molecule has 0 bridgehead atoms. The molecule has 4 aromatic rings. The minimum absolute atomic E-state index is 0.130. The highest BCUT2D eigenvalue weighted by molar-refractivity contribution is 5.90. The molecule has 0 saturated carbocycles. The van der Waals surface area contributed by atoms with Crippen LogP contribution in [0.25, 0.3) is 10.9 Å². The number of anilines is 1. The Balaban J connectivity index is 1.72. The van der Waals surface area contributed by atoms with Crippen molar-refractivity contribution in [1.82, 2.24) is 9.97 Å². The van der Waals surface area contributed by atoms with Gasteiger partial charge in [-0.25, -0.2) is 4.79 Å². The van der Waals surface area contributed by atoms with E-state index in [4.69, 9.17) is 4.74 Å². The number of ether oxygens (including phenoxy) is 1. The molecule has 30 heavy (non-hydrogen) atoms. The van der Waals surface area contributed by atoms with Crippen LogP contribution in [0.5, 0.6) is 5.75 Å². The molecule has 2 heterocycles. The summed E-state index contributed by atoms with van der Waals surface area (Å²) in [6.07, 6.45) is 5.09. The molecule has 150 valence electrons. The SMILES string of the molecule is CCOC(=O)c1ccc(N[C@@H](c2ccncc2)c2ccc3cccnc3c2O)cc1. The molecule has 0 aliphatic heterocycles. The second kappa shape index (κ2) is 8.61. The second-order valence-electron chi connectivity index (χ2n) is 6.73. The second-order valence-corrected chi connectivity index (χ2v) is 6.73. The largest absolute Gasteiger partial charge is 0.505 e. The molecule has 4 rings (SSSR count). The molecular weight excluding hydrogens is 378 g/mol. The number of hydrogen-bond donors (Lipinski definition) is 2. The van der Waals surface area contributed by atoms with Crippen molar-refractivity contribution in [3.05, 3.63) is 95.9 Å². The smallest absolute Gasteiger partial charge is 0.338 e. The van der Waals surface area contributed by atoms with Gasteiger partial charge in [-0.3, -0.25) is 9.97 Å². The topological polar surface area (TPSA) is 84.3 Å². The normalized spacial score (nSPS) is 11.8. The Bertz CT molecular complexity index is 1160. The molecule has 6 nitrogen and oxygen atoms in total. The van der Waals surface area contributed by atoms with E-state index in [1.807, 2.05) is 48.5 Å². The lowest BCUT2D eigenvalue weighted by molar-refractivity contribution is 0.0526. The van der Waals surface area contributed by atoms with Crippen molar-refractivity contribution in [2.75, 3.05) is 11.9 Å². The first-order valence-electron chi connectivity index (χ1n) is 9.67. The number of nitrogens with one attached hydrogen (secondary N) is 1. The number of carbonyl (C=O) groups is 1. The molecule has 0 radical (unpaired) electrons. The molecule has 0 spiro atoms. The molecule has 0 fully saturated rings. The lowest BCUT2D eigenvalue weighted by atomic mass is 9.96. The lowest BCUT2D eigenvalue weighted by Crippen LogP contribution is -2.13. The predicted molar refractivity (Wildman–Crippen MR) is 116 cm³/mol. The van der Waals surface area contributed by atoms with Crippen LogP contribution in [0.3, 0.4) is 0 Å². The van der Waals surface area contributed by atoms with Gasteiger partial charge in [-0.15, -0.1) is 0 Å². The summed E-state index contributed by atoms with van der Waals surface area (Å²) in [7, 11) is 0. The van der Waals surface area contributed by atoms with Crippen molar-refractivity contribution in [3.63, 3.8) is 0 Å². The summed E-state index contributed by atoms with van der Waals surface area (Å²) < 4.78 is 5.04. The predicted octanol–water partition coefficient (Wildman–Crippen LogP) is 4.71. The van der Waals surface area contributed by atoms with Crippen LogP contribution in [0.4, 0.5) is 5.69 Å². The third-order valence-electron chi connectivity index (χ3n) is 4.84. The molecular formula is C24H21N3O3. The number of aromatic hydroxyl groups is 1. The summed E-state index contributed by atoms with van der Waals surface area (Å²) in [5.74, 6) is -0.224. The van der Waals surface area contributed by atoms with Gasteiger partial charge in [0.15, 0.2) is 0 Å². The summed E-state index contributed by atoms with van der Waals surface area (Å²) in [4.78, 5) is 20.3. The van der Waals surface area contributed by atoms with Gasteiger partial charge in [0.25, 0.3) is 0 Å². The van der Waals surface area contributed by atoms with E-state index in [0.717, 1.165) is 16.6 Å². The first kappa shape index (κ1) is 19.4. The minimum atomic E-state index is -0.354. The molecule has 0 aliphatic carbocycles. The Labute approximate surface area is 174 Å². The third kappa shape index (κ3) is 3.93. The number of phenols is 1. The average Bonchev–Trinajstić information content (AvgIpc) is 2.79. The Morgan fingerprint density at radius 3 is 2.53 bits per heavy atom. The number of esters is 1. The fraction of sp³-hybridized carbons (Fsp3) is 0.125. The van der Waals surface area contributed by atoms with Crippen LogP contribution in [-0.2, 0) is 4.74 Å². The zero-order chi connectivity index (χ0) is 20.9. The highest BCUT2D eigenvalue weighted by atomic mass is 16.5. The van der Waals surface area contributed by atoms with E-state index in [-0.39, 0.29) is 17.8 Å². The van der Waals surface area contributed by atoms with Crippen LogP contribution in [0.15, 0.2) is 79.3 Å². The monoisotopic (exact) mass is 399 g/mol. The van der Waals surface area contributed by atoms with E-state index < -0.39 is 0 Å². The van der Waals surface area contributed by atoms with Crippen LogP contribution in [0.2, 0.25) is 0 Å². The maximum atomic E-state index is 11.9. The first-order chi connectivity index (χ1) is 14.7. The number of fused-ring (bicyclic) bond motifs is 1. The van der Waals surface area contributed by atoms with Crippen molar-refractivity contribution in [2.24, 2.45) is 0 Å². The van der Waals surface area contributed by atoms with Crippen LogP contribution >= 0.6 is 0 Å². The Hall–Kier alpha value is -3.93. The van der Waals surface area contributed by atoms with Gasteiger partial charge in [0, 0.05) is 35.2 Å². The van der Waals surface area contributed by atoms with Gasteiger partial charge >= 0.3 is 5.97 Å². The van der Waals surface area contributed by atoms with Crippen molar-refractivity contribution < 1.29 is 14.6 Å². The Morgan fingerprint density at radius 1 is 1.03 bits per heavy atom. The summed E-state index contributed by atoms with van der Waals surface area (Å²) in [6, 6.07) is 18.1. The number of pyridine rings is 2. The summed E-state index contributed by atoms with van der Waals surface area (Å²) in [5, 5.41) is 15.3. The zero-order valence-electron chi connectivity index (χ0n) is 16.4. The number of rotatable bonds is 6. The zero-order valence-corrected chi connectivity index (χ0v) is 16.4. The molecule has 2 aromatic heterocycles. The van der Waals surface area contributed by atoms with Crippen LogP contribution in [0.1, 0.15) is 34.5 Å². The Kier molecular flexibility index (Phi) is 5.57. The minimum Gasteiger partial charge on any atom is -0.505 e. The summed E-state index contributed by atoms with van der Waals surface area (Å²) in [5.41, 5.74) is 3.46. The van der Waals surface area contributed by atoms with Gasteiger partial charge in [-0.2, -0.15) is 0 Å². The molecule has 2 aromatic carbocycles. The van der Waals surface area contributed by atoms with Gasteiger partial charge in [-0.05, 0) is 55.0 Å². The molecule has 0 amide bonds. The number of phenolic OH excluding ortho intramolecular Hbond substituents is 1. The van der Waals surface area contributed by atoms with E-state index in [1.54, 1.807) is 37.6 Å². The quantitative estimate of drug-likeness (QED) is 0.457. The summed E-state index contributed by atoms with van der Waals surface area (Å²) in [6.45, 7) is 2.11. The van der Waals surface area contributed by atoms with E-state index >= 15 is 0 Å². The number of nitrogens with zero attached hydrogens (tertiary/aromatic N) is 2.